The molecule has 0 saturated carbocycles. The second-order valence-corrected chi connectivity index (χ2v) is 5.29. The number of carbonyl (C=O) groups is 1. The molecule has 1 aliphatic heterocycles. The zero-order valence-electron chi connectivity index (χ0n) is 10.7. The van der Waals surface area contributed by atoms with E-state index < -0.39 is 0 Å². The normalized spacial score (nSPS) is 19.9. The van der Waals surface area contributed by atoms with Crippen molar-refractivity contribution in [3.63, 3.8) is 0 Å². The monoisotopic (exact) mass is 319 g/mol. The molecule has 6 nitrogen and oxygen atoms in total. The Bertz CT molecular complexity index is 487. The van der Waals surface area contributed by atoms with Gasteiger partial charge in [0.25, 0.3) is 0 Å². The highest BCUT2D eigenvalue weighted by atomic mass is 35.5. The molecule has 2 rings (SSSR count). The Kier molecular flexibility index (Phi) is 5.56. The van der Waals surface area contributed by atoms with Gasteiger partial charge in [-0.25, -0.2) is 4.98 Å². The molecule has 1 aliphatic rings. The third-order valence-corrected chi connectivity index (χ3v) is 3.35. The van der Waals surface area contributed by atoms with Crippen molar-refractivity contribution < 1.29 is 14.6 Å². The summed E-state index contributed by atoms with van der Waals surface area (Å²) >= 11 is 11.7. The van der Waals surface area contributed by atoms with Gasteiger partial charge >= 0.3 is 0 Å². The lowest BCUT2D eigenvalue weighted by Crippen LogP contribution is -2.46. The molecule has 2 heterocycles. The molecule has 1 aromatic rings. The van der Waals surface area contributed by atoms with E-state index in [9.17, 15) is 4.79 Å². The summed E-state index contributed by atoms with van der Waals surface area (Å²) in [6.07, 6.45) is 1.17. The SMILES string of the molecule is O=C(CN1CCOC(CO)C1)Nc1ncc(Cl)cc1Cl. The van der Waals surface area contributed by atoms with E-state index in [0.29, 0.717) is 29.7 Å². The number of aromatic nitrogens is 1. The lowest BCUT2D eigenvalue weighted by molar-refractivity contribution is -0.120. The molecule has 110 valence electrons. The highest BCUT2D eigenvalue weighted by Gasteiger charge is 2.21. The van der Waals surface area contributed by atoms with Crippen LogP contribution in [0, 0.1) is 0 Å². The molecular weight excluding hydrogens is 305 g/mol. The number of morpholine rings is 1. The highest BCUT2D eigenvalue weighted by molar-refractivity contribution is 6.36. The van der Waals surface area contributed by atoms with Crippen molar-refractivity contribution in [2.24, 2.45) is 0 Å². The Morgan fingerprint density at radius 1 is 1.60 bits per heavy atom. The molecule has 8 heteroatoms. The van der Waals surface area contributed by atoms with E-state index in [2.05, 4.69) is 10.3 Å². The standard InChI is InChI=1S/C12H15Cl2N3O3/c13-8-3-10(14)12(15-4-8)16-11(19)6-17-1-2-20-9(5-17)7-18/h3-4,9,18H,1-2,5-7H2,(H,15,16,19). The molecule has 0 aliphatic carbocycles. The highest BCUT2D eigenvalue weighted by Crippen LogP contribution is 2.22. The molecule has 0 bridgehead atoms. The first-order valence-corrected chi connectivity index (χ1v) is 6.90. The molecule has 1 fully saturated rings. The summed E-state index contributed by atoms with van der Waals surface area (Å²) in [5, 5.41) is 12.4. The maximum absolute atomic E-state index is 11.9. The van der Waals surface area contributed by atoms with Crippen LogP contribution in [-0.4, -0.2) is 59.8 Å². The second-order valence-electron chi connectivity index (χ2n) is 4.44. The molecule has 0 aromatic carbocycles. The summed E-state index contributed by atoms with van der Waals surface area (Å²) < 4.78 is 5.32. The van der Waals surface area contributed by atoms with Crippen LogP contribution in [0.25, 0.3) is 0 Å². The Labute approximate surface area is 126 Å². The van der Waals surface area contributed by atoms with E-state index in [-0.39, 0.29) is 31.0 Å². The number of carbonyl (C=O) groups excluding carboxylic acids is 1. The quantitative estimate of drug-likeness (QED) is 0.866. The number of halogens is 2. The number of aliphatic hydroxyl groups excluding tert-OH is 1. The van der Waals surface area contributed by atoms with Gasteiger partial charge in [-0.3, -0.25) is 9.69 Å². The summed E-state index contributed by atoms with van der Waals surface area (Å²) in [5.74, 6) is 0.0633. The van der Waals surface area contributed by atoms with Crippen molar-refractivity contribution in [3.8, 4) is 0 Å². The number of pyridine rings is 1. The van der Waals surface area contributed by atoms with Crippen molar-refractivity contribution in [3.05, 3.63) is 22.3 Å². The van der Waals surface area contributed by atoms with Gasteiger partial charge < -0.3 is 15.2 Å². The van der Waals surface area contributed by atoms with Crippen LogP contribution < -0.4 is 5.32 Å². The summed E-state index contributed by atoms with van der Waals surface area (Å²) in [6, 6.07) is 1.52. The van der Waals surface area contributed by atoms with Gasteiger partial charge in [0.15, 0.2) is 5.82 Å². The zero-order valence-corrected chi connectivity index (χ0v) is 12.2. The van der Waals surface area contributed by atoms with Gasteiger partial charge in [0.1, 0.15) is 0 Å². The lowest BCUT2D eigenvalue weighted by Gasteiger charge is -2.31. The minimum atomic E-state index is -0.242. The number of ether oxygens (including phenoxy) is 1. The van der Waals surface area contributed by atoms with Crippen LogP contribution in [0.5, 0.6) is 0 Å². The summed E-state index contributed by atoms with van der Waals surface area (Å²) in [6.45, 7) is 1.80. The smallest absolute Gasteiger partial charge is 0.239 e. The molecule has 1 saturated heterocycles. The second kappa shape index (κ2) is 7.19. The molecule has 0 spiro atoms. The predicted octanol–water partition coefficient (Wildman–Crippen LogP) is 1.02. The van der Waals surface area contributed by atoms with Gasteiger partial charge in [-0.15, -0.1) is 0 Å². The van der Waals surface area contributed by atoms with Crippen LogP contribution in [-0.2, 0) is 9.53 Å². The van der Waals surface area contributed by atoms with E-state index in [1.165, 1.54) is 12.3 Å². The van der Waals surface area contributed by atoms with Gasteiger partial charge in [0.2, 0.25) is 5.91 Å². The third kappa shape index (κ3) is 4.29. The van der Waals surface area contributed by atoms with Crippen LogP contribution in [0.15, 0.2) is 12.3 Å². The first kappa shape index (κ1) is 15.5. The van der Waals surface area contributed by atoms with Crippen molar-refractivity contribution in [2.75, 3.05) is 38.2 Å². The average molecular weight is 320 g/mol. The zero-order chi connectivity index (χ0) is 14.5. The summed E-state index contributed by atoms with van der Waals surface area (Å²) in [5.41, 5.74) is 0. The number of nitrogens with zero attached hydrogens (tertiary/aromatic N) is 2. The third-order valence-electron chi connectivity index (χ3n) is 2.86. The van der Waals surface area contributed by atoms with Crippen LogP contribution in [0.4, 0.5) is 5.82 Å². The molecule has 1 atom stereocenters. The topological polar surface area (TPSA) is 74.7 Å². The van der Waals surface area contributed by atoms with E-state index in [4.69, 9.17) is 33.0 Å². The molecule has 1 amide bonds. The molecule has 1 aromatic heterocycles. The van der Waals surface area contributed by atoms with Gasteiger partial charge in [-0.1, -0.05) is 23.2 Å². The Morgan fingerprint density at radius 3 is 3.10 bits per heavy atom. The van der Waals surface area contributed by atoms with Crippen LogP contribution in [0.1, 0.15) is 0 Å². The fraction of sp³-hybridized carbons (Fsp3) is 0.500. The first-order chi connectivity index (χ1) is 9.58. The van der Waals surface area contributed by atoms with Crippen LogP contribution >= 0.6 is 23.2 Å². The Hall–Kier alpha value is -0.920. The molecule has 1 unspecified atom stereocenters. The summed E-state index contributed by atoms with van der Waals surface area (Å²) in [7, 11) is 0. The van der Waals surface area contributed by atoms with Crippen molar-refractivity contribution in [2.45, 2.75) is 6.10 Å². The Morgan fingerprint density at radius 2 is 2.40 bits per heavy atom. The van der Waals surface area contributed by atoms with E-state index in [0.717, 1.165) is 0 Å². The Balaban J connectivity index is 1.88. The molecule has 2 N–H and O–H groups in total. The molecule has 20 heavy (non-hydrogen) atoms. The van der Waals surface area contributed by atoms with Crippen molar-refractivity contribution in [1.82, 2.24) is 9.88 Å². The number of nitrogens with one attached hydrogen (secondary N) is 1. The number of aliphatic hydroxyl groups is 1. The van der Waals surface area contributed by atoms with Crippen molar-refractivity contribution in [1.29, 1.82) is 0 Å². The fourth-order valence-corrected chi connectivity index (χ4v) is 2.34. The van der Waals surface area contributed by atoms with E-state index in [1.54, 1.807) is 0 Å². The fourth-order valence-electron chi connectivity index (χ4n) is 1.92. The van der Waals surface area contributed by atoms with Crippen LogP contribution in [0.3, 0.4) is 0 Å². The maximum atomic E-state index is 11.9. The summed E-state index contributed by atoms with van der Waals surface area (Å²) in [4.78, 5) is 17.8. The van der Waals surface area contributed by atoms with Gasteiger partial charge in [0.05, 0.1) is 35.9 Å². The number of rotatable bonds is 4. The number of hydrogen-bond donors (Lipinski definition) is 2. The maximum Gasteiger partial charge on any atom is 0.239 e. The molecular formula is C12H15Cl2N3O3. The average Bonchev–Trinajstić information content (AvgIpc) is 2.42. The minimum Gasteiger partial charge on any atom is -0.394 e. The number of amides is 1. The number of hydrogen-bond acceptors (Lipinski definition) is 5. The van der Waals surface area contributed by atoms with Gasteiger partial charge in [-0.2, -0.15) is 0 Å². The van der Waals surface area contributed by atoms with E-state index >= 15 is 0 Å². The van der Waals surface area contributed by atoms with E-state index in [1.807, 2.05) is 4.90 Å². The predicted molar refractivity (Wildman–Crippen MR) is 76.2 cm³/mol. The minimum absolute atomic E-state index is 0.0529. The number of anilines is 1. The molecule has 0 radical (unpaired) electrons. The largest absolute Gasteiger partial charge is 0.394 e. The first-order valence-electron chi connectivity index (χ1n) is 6.14. The van der Waals surface area contributed by atoms with Crippen molar-refractivity contribution >= 4 is 34.9 Å². The lowest BCUT2D eigenvalue weighted by atomic mass is 10.3. The van der Waals surface area contributed by atoms with Crippen LogP contribution in [0.2, 0.25) is 10.0 Å². The van der Waals surface area contributed by atoms with Gasteiger partial charge in [0, 0.05) is 19.3 Å². The van der Waals surface area contributed by atoms with Gasteiger partial charge in [-0.05, 0) is 6.07 Å².